The number of hydrogen-bond donors (Lipinski definition) is 2. The van der Waals surface area contributed by atoms with E-state index < -0.39 is 17.1 Å². The molecule has 0 spiro atoms. The Bertz CT molecular complexity index is 843. The van der Waals surface area contributed by atoms with Crippen LogP contribution in [-0.4, -0.2) is 20.6 Å². The molecule has 3 rings (SSSR count). The molecule has 0 amide bonds. The van der Waals surface area contributed by atoms with Crippen molar-refractivity contribution in [3.05, 3.63) is 44.5 Å². The number of hydrogen-bond acceptors (Lipinski definition) is 3. The first-order chi connectivity index (χ1) is 9.91. The number of carbonyl (C=O) groups is 1. The van der Waals surface area contributed by atoms with Crippen molar-refractivity contribution >= 4 is 17.0 Å². The van der Waals surface area contributed by atoms with E-state index in [4.69, 9.17) is 0 Å². The van der Waals surface area contributed by atoms with Crippen molar-refractivity contribution in [1.82, 2.24) is 9.55 Å². The lowest BCUT2D eigenvalue weighted by atomic mass is 9.70. The Kier molecular flexibility index (Phi) is 2.97. The first-order valence-electron chi connectivity index (χ1n) is 6.90. The lowest BCUT2D eigenvalue weighted by Crippen LogP contribution is -2.42. The van der Waals surface area contributed by atoms with E-state index in [0.717, 1.165) is 19.3 Å². The second-order valence-corrected chi connectivity index (χ2v) is 6.01. The number of aromatic nitrogens is 2. The Labute approximate surface area is 120 Å². The second kappa shape index (κ2) is 4.58. The lowest BCUT2D eigenvalue weighted by molar-refractivity contribution is 0.0699. The number of para-hydroxylation sites is 1. The van der Waals surface area contributed by atoms with Gasteiger partial charge in [-0.1, -0.05) is 19.4 Å². The molecule has 1 saturated carbocycles. The van der Waals surface area contributed by atoms with Crippen LogP contribution in [0.1, 0.15) is 36.5 Å². The molecule has 1 aromatic heterocycles. The number of fused-ring (bicyclic) bond motifs is 1. The molecule has 1 aromatic carbocycles. The largest absolute Gasteiger partial charge is 0.478 e. The van der Waals surface area contributed by atoms with Crippen LogP contribution < -0.4 is 11.1 Å². The summed E-state index contributed by atoms with van der Waals surface area (Å²) in [5.41, 5.74) is -0.733. The number of benzene rings is 1. The molecule has 1 aliphatic carbocycles. The lowest BCUT2D eigenvalue weighted by Gasteiger charge is -2.38. The van der Waals surface area contributed by atoms with E-state index in [9.17, 15) is 19.5 Å². The van der Waals surface area contributed by atoms with Crippen LogP contribution >= 0.6 is 0 Å². The molecule has 1 fully saturated rings. The molecule has 110 valence electrons. The third-order valence-corrected chi connectivity index (χ3v) is 4.34. The smallest absolute Gasteiger partial charge is 0.337 e. The molecule has 0 atom stereocenters. The number of aromatic carboxylic acids is 1. The van der Waals surface area contributed by atoms with Gasteiger partial charge in [0.2, 0.25) is 0 Å². The summed E-state index contributed by atoms with van der Waals surface area (Å²) >= 11 is 0. The standard InChI is InChI=1S/C15H16N2O4/c1-15(6-3-7-15)8-17-10-5-2-4-9(14(20)21)11(10)16-12(18)13(17)19/h2,4-5H,3,6-8H2,1H3,(H,16,18)(H,20,21). The van der Waals surface area contributed by atoms with Crippen LogP contribution in [0.25, 0.3) is 11.0 Å². The van der Waals surface area contributed by atoms with Crippen molar-refractivity contribution in [2.75, 3.05) is 0 Å². The monoisotopic (exact) mass is 288 g/mol. The first-order valence-corrected chi connectivity index (χ1v) is 6.90. The number of carboxylic acids is 1. The molecule has 0 saturated heterocycles. The maximum Gasteiger partial charge on any atom is 0.337 e. The van der Waals surface area contributed by atoms with E-state index >= 15 is 0 Å². The molecule has 21 heavy (non-hydrogen) atoms. The van der Waals surface area contributed by atoms with Crippen LogP contribution in [0.15, 0.2) is 27.8 Å². The Morgan fingerprint density at radius 2 is 2.10 bits per heavy atom. The van der Waals surface area contributed by atoms with Crippen molar-refractivity contribution in [1.29, 1.82) is 0 Å². The minimum absolute atomic E-state index is 0.00267. The highest BCUT2D eigenvalue weighted by Crippen LogP contribution is 2.41. The molecule has 0 unspecified atom stereocenters. The van der Waals surface area contributed by atoms with Gasteiger partial charge >= 0.3 is 17.1 Å². The number of carboxylic acid groups (broad SMARTS) is 1. The van der Waals surface area contributed by atoms with E-state index in [2.05, 4.69) is 11.9 Å². The molecule has 6 nitrogen and oxygen atoms in total. The van der Waals surface area contributed by atoms with Gasteiger partial charge in [0.1, 0.15) is 0 Å². The Hall–Kier alpha value is -2.37. The van der Waals surface area contributed by atoms with Crippen LogP contribution in [0.5, 0.6) is 0 Å². The molecule has 1 heterocycles. The average molecular weight is 288 g/mol. The molecule has 0 aliphatic heterocycles. The van der Waals surface area contributed by atoms with Gasteiger partial charge in [-0.2, -0.15) is 0 Å². The average Bonchev–Trinajstić information content (AvgIpc) is 2.41. The third kappa shape index (κ3) is 2.16. The van der Waals surface area contributed by atoms with Gasteiger partial charge in [0.25, 0.3) is 0 Å². The normalized spacial score (nSPS) is 16.6. The minimum atomic E-state index is -1.13. The number of nitrogens with one attached hydrogen (secondary N) is 1. The van der Waals surface area contributed by atoms with Crippen LogP contribution in [0.4, 0.5) is 0 Å². The van der Waals surface area contributed by atoms with Crippen molar-refractivity contribution < 1.29 is 9.90 Å². The van der Waals surface area contributed by atoms with Gasteiger partial charge in [-0.15, -0.1) is 0 Å². The van der Waals surface area contributed by atoms with E-state index in [1.54, 1.807) is 12.1 Å². The number of aromatic amines is 1. The maximum atomic E-state index is 12.2. The van der Waals surface area contributed by atoms with Crippen molar-refractivity contribution in [3.63, 3.8) is 0 Å². The van der Waals surface area contributed by atoms with Crippen LogP contribution in [0.3, 0.4) is 0 Å². The van der Waals surface area contributed by atoms with Crippen molar-refractivity contribution in [2.45, 2.75) is 32.7 Å². The quantitative estimate of drug-likeness (QED) is 0.839. The van der Waals surface area contributed by atoms with E-state index in [-0.39, 0.29) is 16.5 Å². The Morgan fingerprint density at radius 3 is 2.67 bits per heavy atom. The van der Waals surface area contributed by atoms with Crippen molar-refractivity contribution in [3.8, 4) is 0 Å². The predicted molar refractivity (Wildman–Crippen MR) is 77.7 cm³/mol. The van der Waals surface area contributed by atoms with Gasteiger partial charge in [0.05, 0.1) is 16.6 Å². The zero-order valence-electron chi connectivity index (χ0n) is 11.7. The predicted octanol–water partition coefficient (Wildman–Crippen LogP) is 1.58. The molecule has 1 aliphatic rings. The zero-order chi connectivity index (χ0) is 15.2. The van der Waals surface area contributed by atoms with Gasteiger partial charge in [-0.05, 0) is 30.4 Å². The number of nitrogens with zero attached hydrogens (tertiary/aromatic N) is 1. The molecule has 2 aromatic rings. The molecule has 0 radical (unpaired) electrons. The summed E-state index contributed by atoms with van der Waals surface area (Å²) in [7, 11) is 0. The topological polar surface area (TPSA) is 92.2 Å². The zero-order valence-corrected chi connectivity index (χ0v) is 11.7. The summed E-state index contributed by atoms with van der Waals surface area (Å²) < 4.78 is 1.42. The molecular weight excluding hydrogens is 272 g/mol. The van der Waals surface area contributed by atoms with E-state index in [1.165, 1.54) is 10.6 Å². The fourth-order valence-electron chi connectivity index (χ4n) is 2.95. The molecule has 2 N–H and O–H groups in total. The summed E-state index contributed by atoms with van der Waals surface area (Å²) in [6, 6.07) is 4.67. The van der Waals surface area contributed by atoms with Crippen LogP contribution in [-0.2, 0) is 6.54 Å². The van der Waals surface area contributed by atoms with Crippen LogP contribution in [0, 0.1) is 5.41 Å². The molecule has 6 heteroatoms. The highest BCUT2D eigenvalue weighted by atomic mass is 16.4. The highest BCUT2D eigenvalue weighted by Gasteiger charge is 2.33. The van der Waals surface area contributed by atoms with Crippen LogP contribution in [0.2, 0.25) is 0 Å². The molecule has 0 bridgehead atoms. The minimum Gasteiger partial charge on any atom is -0.478 e. The fraction of sp³-hybridized carbons (Fsp3) is 0.400. The van der Waals surface area contributed by atoms with E-state index in [1.807, 2.05) is 0 Å². The number of H-pyrrole nitrogens is 1. The summed E-state index contributed by atoms with van der Waals surface area (Å²) in [4.78, 5) is 37.7. The van der Waals surface area contributed by atoms with Gasteiger partial charge in [-0.3, -0.25) is 9.59 Å². The molecular formula is C15H16N2O4. The third-order valence-electron chi connectivity index (χ3n) is 4.34. The SMILES string of the molecule is CC1(Cn2c(=O)c(=O)[nH]c3c(C(=O)O)cccc32)CCC1. The number of rotatable bonds is 3. The first kappa shape index (κ1) is 13.6. The second-order valence-electron chi connectivity index (χ2n) is 6.01. The maximum absolute atomic E-state index is 12.2. The van der Waals surface area contributed by atoms with Gasteiger partial charge in [-0.25, -0.2) is 4.79 Å². The summed E-state index contributed by atoms with van der Waals surface area (Å²) in [6.45, 7) is 2.52. The summed E-state index contributed by atoms with van der Waals surface area (Å²) in [5.74, 6) is -1.13. The Balaban J connectivity index is 2.29. The highest BCUT2D eigenvalue weighted by molar-refractivity contribution is 6.00. The fourth-order valence-corrected chi connectivity index (χ4v) is 2.95. The van der Waals surface area contributed by atoms with Gasteiger partial charge in [0, 0.05) is 6.54 Å². The summed E-state index contributed by atoms with van der Waals surface area (Å²) in [5, 5.41) is 9.21. The summed E-state index contributed by atoms with van der Waals surface area (Å²) in [6.07, 6.45) is 3.13. The Morgan fingerprint density at radius 1 is 1.38 bits per heavy atom. The van der Waals surface area contributed by atoms with Crippen molar-refractivity contribution in [2.24, 2.45) is 5.41 Å². The van der Waals surface area contributed by atoms with Gasteiger partial charge in [0.15, 0.2) is 0 Å². The van der Waals surface area contributed by atoms with Gasteiger partial charge < -0.3 is 14.7 Å². The van der Waals surface area contributed by atoms with E-state index in [0.29, 0.717) is 12.1 Å².